The Morgan fingerprint density at radius 2 is 2.04 bits per heavy atom. The van der Waals surface area contributed by atoms with E-state index in [2.05, 4.69) is 5.32 Å². The number of carboxylic acid groups (broad SMARTS) is 1. The van der Waals surface area contributed by atoms with Gasteiger partial charge in [0.05, 0.1) is 25.8 Å². The number of nitrogens with one attached hydrogen (secondary N) is 1. The number of urea groups is 1. The molecule has 27 heavy (non-hydrogen) atoms. The largest absolute Gasteiger partial charge is 0.480 e. The van der Waals surface area contributed by atoms with E-state index in [9.17, 15) is 14.0 Å². The molecule has 8 heteroatoms. The molecule has 0 radical (unpaired) electrons. The zero-order valence-corrected chi connectivity index (χ0v) is 15.4. The third-order valence-corrected chi connectivity index (χ3v) is 5.35. The maximum absolute atomic E-state index is 13.2. The van der Waals surface area contributed by atoms with Gasteiger partial charge in [0, 0.05) is 18.6 Å². The van der Waals surface area contributed by atoms with Crippen LogP contribution < -0.4 is 5.32 Å². The molecule has 1 saturated carbocycles. The molecule has 1 aromatic rings. The van der Waals surface area contributed by atoms with Crippen LogP contribution in [-0.4, -0.2) is 71.8 Å². The van der Waals surface area contributed by atoms with Crippen molar-refractivity contribution in [2.75, 3.05) is 32.8 Å². The van der Waals surface area contributed by atoms with Crippen LogP contribution in [0.1, 0.15) is 31.4 Å². The predicted octanol–water partition coefficient (Wildman–Crippen LogP) is 1.85. The molecule has 3 rings (SSSR count). The monoisotopic (exact) mass is 379 g/mol. The molecule has 2 aliphatic rings. The summed E-state index contributed by atoms with van der Waals surface area (Å²) in [7, 11) is 0. The van der Waals surface area contributed by atoms with Crippen molar-refractivity contribution in [1.82, 2.24) is 15.1 Å². The Balaban J connectivity index is 1.55. The van der Waals surface area contributed by atoms with Crippen LogP contribution in [-0.2, 0) is 9.53 Å². The third kappa shape index (κ3) is 4.75. The molecule has 1 saturated heterocycles. The van der Waals surface area contributed by atoms with Crippen molar-refractivity contribution in [3.63, 3.8) is 0 Å². The molecule has 0 spiro atoms. The van der Waals surface area contributed by atoms with Crippen molar-refractivity contribution in [2.45, 2.75) is 37.9 Å². The molecule has 2 amide bonds. The predicted molar refractivity (Wildman–Crippen MR) is 96.9 cm³/mol. The summed E-state index contributed by atoms with van der Waals surface area (Å²) in [6.45, 7) is 3.97. The molecule has 1 heterocycles. The van der Waals surface area contributed by atoms with Gasteiger partial charge in [-0.3, -0.25) is 9.69 Å². The van der Waals surface area contributed by atoms with E-state index in [1.165, 1.54) is 12.1 Å². The maximum Gasteiger partial charge on any atom is 0.318 e. The molecule has 1 unspecified atom stereocenters. The second-order valence-corrected chi connectivity index (χ2v) is 7.06. The van der Waals surface area contributed by atoms with Crippen molar-refractivity contribution in [3.05, 3.63) is 35.6 Å². The number of ether oxygens (including phenoxy) is 1. The average Bonchev–Trinajstić information content (AvgIpc) is 2.63. The number of aliphatic carboxylic acids is 1. The van der Waals surface area contributed by atoms with Crippen molar-refractivity contribution < 1.29 is 23.8 Å². The Hall–Kier alpha value is -2.19. The van der Waals surface area contributed by atoms with Gasteiger partial charge in [-0.15, -0.1) is 0 Å². The second-order valence-electron chi connectivity index (χ2n) is 7.06. The van der Waals surface area contributed by atoms with E-state index >= 15 is 0 Å². The number of carbonyl (C=O) groups is 2. The highest BCUT2D eigenvalue weighted by Gasteiger charge is 2.37. The Kier molecular flexibility index (Phi) is 6.28. The van der Waals surface area contributed by atoms with Gasteiger partial charge < -0.3 is 20.1 Å². The Bertz CT molecular complexity index is 663. The summed E-state index contributed by atoms with van der Waals surface area (Å²) in [4.78, 5) is 27.3. The molecule has 1 aliphatic heterocycles. The molecule has 1 atom stereocenters. The number of halogens is 1. The number of hydrogen-bond acceptors (Lipinski definition) is 4. The fourth-order valence-corrected chi connectivity index (χ4v) is 3.74. The van der Waals surface area contributed by atoms with Crippen LogP contribution in [0.15, 0.2) is 24.3 Å². The van der Waals surface area contributed by atoms with Gasteiger partial charge in [0.1, 0.15) is 5.82 Å². The maximum atomic E-state index is 13.2. The van der Waals surface area contributed by atoms with Crippen molar-refractivity contribution in [2.24, 2.45) is 0 Å². The zero-order valence-electron chi connectivity index (χ0n) is 15.4. The number of likely N-dealkylation sites (N-methyl/N-ethyl adjacent to an activating group) is 1. The first-order valence-electron chi connectivity index (χ1n) is 9.34. The van der Waals surface area contributed by atoms with Gasteiger partial charge in [-0.1, -0.05) is 19.1 Å². The van der Waals surface area contributed by atoms with E-state index in [1.807, 2.05) is 11.8 Å². The van der Waals surface area contributed by atoms with E-state index in [4.69, 9.17) is 9.84 Å². The number of carboxylic acids is 1. The van der Waals surface area contributed by atoms with Crippen LogP contribution >= 0.6 is 0 Å². The second kappa shape index (κ2) is 8.67. The zero-order chi connectivity index (χ0) is 19.4. The molecular formula is C19H26FN3O4. The SMILES string of the molecule is CCN(CC(=O)O)C1CC(NC(=O)N2CCOCC2c2ccc(F)cc2)C1. The average molecular weight is 379 g/mol. The van der Waals surface area contributed by atoms with Crippen LogP contribution in [0, 0.1) is 5.82 Å². The molecular weight excluding hydrogens is 353 g/mol. The van der Waals surface area contributed by atoms with Gasteiger partial charge in [-0.2, -0.15) is 0 Å². The summed E-state index contributed by atoms with van der Waals surface area (Å²) >= 11 is 0. The number of benzene rings is 1. The van der Waals surface area contributed by atoms with Crippen molar-refractivity contribution in [3.8, 4) is 0 Å². The molecule has 1 aliphatic carbocycles. The quantitative estimate of drug-likeness (QED) is 0.788. The minimum absolute atomic E-state index is 0.0257. The fourth-order valence-electron chi connectivity index (χ4n) is 3.74. The van der Waals surface area contributed by atoms with Crippen LogP contribution in [0.3, 0.4) is 0 Å². The van der Waals surface area contributed by atoms with Gasteiger partial charge >= 0.3 is 12.0 Å². The summed E-state index contributed by atoms with van der Waals surface area (Å²) in [5, 5.41) is 12.0. The van der Waals surface area contributed by atoms with Gasteiger partial charge in [0.2, 0.25) is 0 Å². The van der Waals surface area contributed by atoms with Gasteiger partial charge in [-0.05, 0) is 37.1 Å². The Morgan fingerprint density at radius 1 is 1.33 bits per heavy atom. The lowest BCUT2D eigenvalue weighted by atomic mass is 9.85. The van der Waals surface area contributed by atoms with E-state index in [-0.39, 0.29) is 36.5 Å². The number of carbonyl (C=O) groups excluding carboxylic acids is 1. The van der Waals surface area contributed by atoms with Crippen LogP contribution in [0.4, 0.5) is 9.18 Å². The molecule has 1 aromatic carbocycles. The van der Waals surface area contributed by atoms with Crippen molar-refractivity contribution in [1.29, 1.82) is 0 Å². The molecule has 2 fully saturated rings. The summed E-state index contributed by atoms with van der Waals surface area (Å²) in [5.41, 5.74) is 0.844. The summed E-state index contributed by atoms with van der Waals surface area (Å²) in [5.74, 6) is -1.14. The Morgan fingerprint density at radius 3 is 2.67 bits per heavy atom. The van der Waals surface area contributed by atoms with E-state index < -0.39 is 5.97 Å². The van der Waals surface area contributed by atoms with Gasteiger partial charge in [0.15, 0.2) is 0 Å². The number of hydrogen-bond donors (Lipinski definition) is 2. The minimum Gasteiger partial charge on any atom is -0.480 e. The summed E-state index contributed by atoms with van der Waals surface area (Å²) in [6.07, 6.45) is 1.50. The number of nitrogens with zero attached hydrogens (tertiary/aromatic N) is 2. The lowest BCUT2D eigenvalue weighted by molar-refractivity contribution is -0.139. The van der Waals surface area contributed by atoms with Crippen LogP contribution in [0.25, 0.3) is 0 Å². The van der Waals surface area contributed by atoms with Gasteiger partial charge in [0.25, 0.3) is 0 Å². The van der Waals surface area contributed by atoms with Crippen molar-refractivity contribution >= 4 is 12.0 Å². The summed E-state index contributed by atoms with van der Waals surface area (Å²) in [6, 6.07) is 5.97. The molecule has 7 nitrogen and oxygen atoms in total. The lowest BCUT2D eigenvalue weighted by Crippen LogP contribution is -2.58. The molecule has 2 N–H and O–H groups in total. The van der Waals surface area contributed by atoms with E-state index in [0.29, 0.717) is 26.3 Å². The molecule has 148 valence electrons. The number of rotatable bonds is 6. The third-order valence-electron chi connectivity index (χ3n) is 5.35. The highest BCUT2D eigenvalue weighted by atomic mass is 19.1. The normalized spacial score (nSPS) is 25.1. The minimum atomic E-state index is -0.834. The standard InChI is InChI=1S/C19H26FN3O4/c1-2-22(11-18(24)25)16-9-15(10-16)21-19(26)23-7-8-27-12-17(23)13-3-5-14(20)6-4-13/h3-6,15-17H,2,7-12H2,1H3,(H,21,26)(H,24,25). The van der Waals surface area contributed by atoms with Crippen LogP contribution in [0.2, 0.25) is 0 Å². The fraction of sp³-hybridized carbons (Fsp3) is 0.579. The molecule has 0 bridgehead atoms. The first-order valence-corrected chi connectivity index (χ1v) is 9.34. The highest BCUT2D eigenvalue weighted by Crippen LogP contribution is 2.28. The topological polar surface area (TPSA) is 82.1 Å². The summed E-state index contributed by atoms with van der Waals surface area (Å²) < 4.78 is 18.7. The van der Waals surface area contributed by atoms with Gasteiger partial charge in [-0.25, -0.2) is 9.18 Å². The lowest BCUT2D eigenvalue weighted by Gasteiger charge is -2.44. The number of amides is 2. The highest BCUT2D eigenvalue weighted by molar-refractivity contribution is 5.75. The Labute approximate surface area is 158 Å². The van der Waals surface area contributed by atoms with Crippen LogP contribution in [0.5, 0.6) is 0 Å². The smallest absolute Gasteiger partial charge is 0.318 e. The first kappa shape index (κ1) is 19.6. The van der Waals surface area contributed by atoms with E-state index in [1.54, 1.807) is 17.0 Å². The number of morpholine rings is 1. The molecule has 0 aromatic heterocycles. The van der Waals surface area contributed by atoms with E-state index in [0.717, 1.165) is 18.4 Å². The first-order chi connectivity index (χ1) is 13.0.